The minimum atomic E-state index is -4.46. The average molecular weight is 356 g/mol. The van der Waals surface area contributed by atoms with Gasteiger partial charge < -0.3 is 15.4 Å². The number of nitrogens with one attached hydrogen (secondary N) is 2. The normalized spacial score (nSPS) is 11.1. The van der Waals surface area contributed by atoms with Gasteiger partial charge in [0, 0.05) is 17.4 Å². The van der Waals surface area contributed by atoms with E-state index in [9.17, 15) is 22.4 Å². The van der Waals surface area contributed by atoms with Crippen LogP contribution in [0.25, 0.3) is 0 Å². The number of benzene rings is 2. The van der Waals surface area contributed by atoms with Crippen molar-refractivity contribution in [2.75, 3.05) is 23.8 Å². The van der Waals surface area contributed by atoms with Crippen molar-refractivity contribution in [1.82, 2.24) is 0 Å². The second-order valence-electron chi connectivity index (χ2n) is 5.06. The summed E-state index contributed by atoms with van der Waals surface area (Å²) in [6, 6.07) is 8.46. The largest absolute Gasteiger partial charge is 0.491 e. The molecule has 0 radical (unpaired) electrons. The van der Waals surface area contributed by atoms with Crippen molar-refractivity contribution in [2.45, 2.75) is 13.1 Å². The fourth-order valence-corrected chi connectivity index (χ4v) is 2.04. The van der Waals surface area contributed by atoms with Crippen LogP contribution in [0.4, 0.5) is 28.9 Å². The van der Waals surface area contributed by atoms with Gasteiger partial charge in [-0.25, -0.2) is 4.39 Å². The summed E-state index contributed by atoms with van der Waals surface area (Å²) in [6.45, 7) is 1.76. The highest BCUT2D eigenvalue weighted by Crippen LogP contribution is 2.30. The van der Waals surface area contributed by atoms with Crippen LogP contribution in [0.2, 0.25) is 0 Å². The van der Waals surface area contributed by atoms with E-state index in [-0.39, 0.29) is 23.7 Å². The van der Waals surface area contributed by atoms with Gasteiger partial charge in [0.2, 0.25) is 5.91 Å². The summed E-state index contributed by atoms with van der Waals surface area (Å²) in [5, 5.41) is 5.04. The molecule has 25 heavy (non-hydrogen) atoms. The first-order valence-electron chi connectivity index (χ1n) is 7.43. The van der Waals surface area contributed by atoms with Crippen molar-refractivity contribution in [3.8, 4) is 5.75 Å². The SMILES string of the molecule is CCOc1ccc(NC(=O)CNc2cccc(C(F)(F)F)c2)cc1F. The van der Waals surface area contributed by atoms with Crippen LogP contribution in [-0.2, 0) is 11.0 Å². The predicted octanol–water partition coefficient (Wildman–Crippen LogP) is 4.29. The fraction of sp³-hybridized carbons (Fsp3) is 0.235. The maximum absolute atomic E-state index is 13.7. The highest BCUT2D eigenvalue weighted by Gasteiger charge is 2.30. The number of carbonyl (C=O) groups excluding carboxylic acids is 1. The molecule has 2 N–H and O–H groups in total. The summed E-state index contributed by atoms with van der Waals surface area (Å²) in [4.78, 5) is 11.8. The van der Waals surface area contributed by atoms with Crippen LogP contribution in [0.5, 0.6) is 5.75 Å². The molecule has 0 saturated carbocycles. The Morgan fingerprint density at radius 2 is 1.88 bits per heavy atom. The molecule has 0 aliphatic heterocycles. The number of amides is 1. The molecule has 0 unspecified atom stereocenters. The van der Waals surface area contributed by atoms with Gasteiger partial charge in [-0.15, -0.1) is 0 Å². The molecule has 0 bridgehead atoms. The summed E-state index contributed by atoms with van der Waals surface area (Å²) in [5.74, 6) is -1.07. The Labute approximate surface area is 141 Å². The molecule has 0 aromatic heterocycles. The molecular formula is C17H16F4N2O2. The second-order valence-corrected chi connectivity index (χ2v) is 5.06. The Bertz CT molecular complexity index is 748. The molecule has 0 atom stereocenters. The number of alkyl halides is 3. The first-order valence-corrected chi connectivity index (χ1v) is 7.43. The number of rotatable bonds is 6. The van der Waals surface area contributed by atoms with Crippen LogP contribution in [0.3, 0.4) is 0 Å². The van der Waals surface area contributed by atoms with E-state index in [0.717, 1.165) is 18.2 Å². The van der Waals surface area contributed by atoms with Crippen molar-refractivity contribution in [3.05, 3.63) is 53.8 Å². The molecule has 2 aromatic rings. The summed E-state index contributed by atoms with van der Waals surface area (Å²) >= 11 is 0. The van der Waals surface area contributed by atoms with Gasteiger partial charge in [-0.1, -0.05) is 6.07 Å². The Morgan fingerprint density at radius 1 is 1.12 bits per heavy atom. The minimum Gasteiger partial charge on any atom is -0.491 e. The third-order valence-corrected chi connectivity index (χ3v) is 3.16. The number of ether oxygens (including phenoxy) is 1. The maximum Gasteiger partial charge on any atom is 0.416 e. The van der Waals surface area contributed by atoms with E-state index in [1.54, 1.807) is 6.92 Å². The molecule has 2 rings (SSSR count). The zero-order valence-electron chi connectivity index (χ0n) is 13.3. The molecule has 0 aliphatic rings. The molecule has 134 valence electrons. The molecule has 2 aromatic carbocycles. The van der Waals surface area contributed by atoms with E-state index in [4.69, 9.17) is 4.74 Å². The summed E-state index contributed by atoms with van der Waals surface area (Å²) in [6.07, 6.45) is -4.46. The lowest BCUT2D eigenvalue weighted by Crippen LogP contribution is -2.22. The number of halogens is 4. The van der Waals surface area contributed by atoms with Crippen LogP contribution >= 0.6 is 0 Å². The molecule has 1 amide bonds. The first kappa shape index (κ1) is 18.6. The van der Waals surface area contributed by atoms with Crippen LogP contribution in [-0.4, -0.2) is 19.1 Å². The highest BCUT2D eigenvalue weighted by molar-refractivity contribution is 5.93. The quantitative estimate of drug-likeness (QED) is 0.759. The molecule has 0 spiro atoms. The Kier molecular flexibility index (Phi) is 5.84. The Morgan fingerprint density at radius 3 is 2.52 bits per heavy atom. The van der Waals surface area contributed by atoms with Crippen molar-refractivity contribution >= 4 is 17.3 Å². The third kappa shape index (κ3) is 5.37. The van der Waals surface area contributed by atoms with Crippen molar-refractivity contribution in [3.63, 3.8) is 0 Å². The molecule has 0 saturated heterocycles. The number of hydrogen-bond donors (Lipinski definition) is 2. The van der Waals surface area contributed by atoms with E-state index >= 15 is 0 Å². The average Bonchev–Trinajstić information content (AvgIpc) is 2.55. The van der Waals surface area contributed by atoms with Gasteiger partial charge >= 0.3 is 6.18 Å². The molecule has 8 heteroatoms. The predicted molar refractivity (Wildman–Crippen MR) is 86.1 cm³/mol. The topological polar surface area (TPSA) is 50.4 Å². The smallest absolute Gasteiger partial charge is 0.416 e. The standard InChI is InChI=1S/C17H16F4N2O2/c1-2-25-15-7-6-13(9-14(15)18)23-16(24)10-22-12-5-3-4-11(8-12)17(19,20)21/h3-9,22H,2,10H2,1H3,(H,23,24). The Hall–Kier alpha value is -2.77. The van der Waals surface area contributed by atoms with Gasteiger partial charge in [-0.3, -0.25) is 4.79 Å². The summed E-state index contributed by atoms with van der Waals surface area (Å²) in [7, 11) is 0. The lowest BCUT2D eigenvalue weighted by atomic mass is 10.2. The molecule has 0 aliphatic carbocycles. The van der Waals surface area contributed by atoms with Gasteiger partial charge in [0.1, 0.15) is 0 Å². The van der Waals surface area contributed by atoms with E-state index in [0.29, 0.717) is 6.61 Å². The second kappa shape index (κ2) is 7.87. The van der Waals surface area contributed by atoms with Crippen molar-refractivity contribution < 1.29 is 27.1 Å². The minimum absolute atomic E-state index is 0.0718. The Balaban J connectivity index is 1.94. The first-order chi connectivity index (χ1) is 11.8. The zero-order chi connectivity index (χ0) is 18.4. The van der Waals surface area contributed by atoms with Crippen LogP contribution < -0.4 is 15.4 Å². The fourth-order valence-electron chi connectivity index (χ4n) is 2.04. The lowest BCUT2D eigenvalue weighted by Gasteiger charge is -2.11. The number of anilines is 2. The van der Waals surface area contributed by atoms with E-state index in [1.165, 1.54) is 24.3 Å². The van der Waals surface area contributed by atoms with Crippen molar-refractivity contribution in [1.29, 1.82) is 0 Å². The summed E-state index contributed by atoms with van der Waals surface area (Å²) in [5.41, 5.74) is -0.439. The molecule has 0 fully saturated rings. The van der Waals surface area contributed by atoms with E-state index < -0.39 is 23.5 Å². The van der Waals surface area contributed by atoms with E-state index in [1.807, 2.05) is 0 Å². The third-order valence-electron chi connectivity index (χ3n) is 3.16. The van der Waals surface area contributed by atoms with Gasteiger partial charge in [0.05, 0.1) is 18.7 Å². The lowest BCUT2D eigenvalue weighted by molar-refractivity contribution is -0.137. The van der Waals surface area contributed by atoms with Crippen LogP contribution in [0.15, 0.2) is 42.5 Å². The monoisotopic (exact) mass is 356 g/mol. The van der Waals surface area contributed by atoms with Gasteiger partial charge in [0.25, 0.3) is 0 Å². The number of carbonyl (C=O) groups is 1. The number of hydrogen-bond acceptors (Lipinski definition) is 3. The van der Waals surface area contributed by atoms with Crippen LogP contribution in [0.1, 0.15) is 12.5 Å². The van der Waals surface area contributed by atoms with Crippen molar-refractivity contribution in [2.24, 2.45) is 0 Å². The van der Waals surface area contributed by atoms with Gasteiger partial charge in [-0.2, -0.15) is 13.2 Å². The van der Waals surface area contributed by atoms with Gasteiger partial charge in [0.15, 0.2) is 11.6 Å². The van der Waals surface area contributed by atoms with E-state index in [2.05, 4.69) is 10.6 Å². The molecule has 4 nitrogen and oxygen atoms in total. The zero-order valence-corrected chi connectivity index (χ0v) is 13.3. The molecular weight excluding hydrogens is 340 g/mol. The summed E-state index contributed by atoms with van der Waals surface area (Å²) < 4.78 is 56.6. The van der Waals surface area contributed by atoms with Gasteiger partial charge in [-0.05, 0) is 37.3 Å². The maximum atomic E-state index is 13.7. The molecule has 0 heterocycles. The van der Waals surface area contributed by atoms with Crippen LogP contribution in [0, 0.1) is 5.82 Å². The highest BCUT2D eigenvalue weighted by atomic mass is 19.4.